The van der Waals surface area contributed by atoms with Crippen molar-refractivity contribution in [3.63, 3.8) is 0 Å². The SMILES string of the molecule is O=S(=O)(Nc1ccc(Cl)cc1-c1cc(-c2ccc(F)cc2F)on1)C(F)(F)F. The summed E-state index contributed by atoms with van der Waals surface area (Å²) in [7, 11) is -5.70. The molecule has 0 radical (unpaired) electrons. The molecule has 0 aliphatic heterocycles. The average Bonchev–Trinajstić information content (AvgIpc) is 3.04. The normalized spacial score (nSPS) is 12.2. The lowest BCUT2D eigenvalue weighted by Crippen LogP contribution is -2.30. The van der Waals surface area contributed by atoms with E-state index < -0.39 is 32.9 Å². The second kappa shape index (κ2) is 7.06. The van der Waals surface area contributed by atoms with Gasteiger partial charge in [-0.3, -0.25) is 4.72 Å². The van der Waals surface area contributed by atoms with E-state index >= 15 is 0 Å². The Bertz CT molecular complexity index is 1150. The van der Waals surface area contributed by atoms with Crippen molar-refractivity contribution in [3.05, 3.63) is 59.1 Å². The van der Waals surface area contributed by atoms with E-state index in [1.54, 1.807) is 0 Å². The first kappa shape index (κ1) is 20.1. The lowest BCUT2D eigenvalue weighted by atomic mass is 10.1. The minimum atomic E-state index is -5.70. The van der Waals surface area contributed by atoms with Gasteiger partial charge in [-0.15, -0.1) is 0 Å². The molecule has 1 aromatic heterocycles. The Kier molecular flexibility index (Phi) is 5.06. The average molecular weight is 439 g/mol. The van der Waals surface area contributed by atoms with E-state index in [0.717, 1.165) is 30.3 Å². The number of hydrogen-bond donors (Lipinski definition) is 1. The van der Waals surface area contributed by atoms with Crippen LogP contribution in [0.3, 0.4) is 0 Å². The smallest absolute Gasteiger partial charge is 0.356 e. The summed E-state index contributed by atoms with van der Waals surface area (Å²) < 4.78 is 94.0. The highest BCUT2D eigenvalue weighted by atomic mass is 35.5. The number of nitrogens with one attached hydrogen (secondary N) is 1. The molecule has 0 fully saturated rings. The molecule has 0 amide bonds. The van der Waals surface area contributed by atoms with Crippen LogP contribution in [-0.2, 0) is 10.0 Å². The van der Waals surface area contributed by atoms with Gasteiger partial charge in [-0.2, -0.15) is 21.6 Å². The van der Waals surface area contributed by atoms with Crippen molar-refractivity contribution in [3.8, 4) is 22.6 Å². The number of aromatic nitrogens is 1. The molecule has 0 unspecified atom stereocenters. The molecule has 12 heteroatoms. The number of nitrogens with zero attached hydrogens (tertiary/aromatic N) is 1. The molecule has 0 atom stereocenters. The summed E-state index contributed by atoms with van der Waals surface area (Å²) in [5.74, 6) is -1.93. The van der Waals surface area contributed by atoms with E-state index in [2.05, 4.69) is 5.16 Å². The predicted octanol–water partition coefficient (Wildman–Crippen LogP) is 5.20. The van der Waals surface area contributed by atoms with Crippen LogP contribution < -0.4 is 4.72 Å². The summed E-state index contributed by atoms with van der Waals surface area (Å²) in [6.45, 7) is 0. The van der Waals surface area contributed by atoms with Gasteiger partial charge in [0.25, 0.3) is 0 Å². The summed E-state index contributed by atoms with van der Waals surface area (Å²) in [5, 5.41) is 3.68. The highest BCUT2D eigenvalue weighted by molar-refractivity contribution is 7.93. The van der Waals surface area contributed by atoms with Gasteiger partial charge in [0.1, 0.15) is 17.3 Å². The van der Waals surface area contributed by atoms with Crippen LogP contribution in [0.4, 0.5) is 27.6 Å². The van der Waals surface area contributed by atoms with E-state index in [0.29, 0.717) is 6.07 Å². The van der Waals surface area contributed by atoms with Crippen molar-refractivity contribution < 1.29 is 34.9 Å². The van der Waals surface area contributed by atoms with Gasteiger partial charge in [0.05, 0.1) is 11.3 Å². The fraction of sp³-hybridized carbons (Fsp3) is 0.0625. The van der Waals surface area contributed by atoms with E-state index in [4.69, 9.17) is 16.1 Å². The van der Waals surface area contributed by atoms with Crippen LogP contribution in [-0.4, -0.2) is 19.1 Å². The van der Waals surface area contributed by atoms with Crippen LogP contribution in [0.5, 0.6) is 0 Å². The summed E-state index contributed by atoms with van der Waals surface area (Å²) in [6, 6.07) is 7.14. The predicted molar refractivity (Wildman–Crippen MR) is 90.9 cm³/mol. The Morgan fingerprint density at radius 2 is 1.71 bits per heavy atom. The van der Waals surface area contributed by atoms with Crippen molar-refractivity contribution in [1.29, 1.82) is 0 Å². The first-order valence-electron chi connectivity index (χ1n) is 7.29. The second-order valence-electron chi connectivity index (χ2n) is 5.44. The van der Waals surface area contributed by atoms with Gasteiger partial charge in [-0.05, 0) is 30.3 Å². The molecular formula is C16H8ClF5N2O3S. The number of alkyl halides is 3. The van der Waals surface area contributed by atoms with Gasteiger partial charge >= 0.3 is 15.5 Å². The maximum Gasteiger partial charge on any atom is 0.516 e. The number of benzene rings is 2. The molecule has 2 aromatic carbocycles. The summed E-state index contributed by atoms with van der Waals surface area (Å²) in [6.07, 6.45) is 0. The zero-order chi connectivity index (χ0) is 20.7. The molecule has 0 spiro atoms. The van der Waals surface area contributed by atoms with Crippen LogP contribution in [0.15, 0.2) is 47.0 Å². The van der Waals surface area contributed by atoms with Crippen LogP contribution in [0.25, 0.3) is 22.6 Å². The third kappa shape index (κ3) is 3.94. The van der Waals surface area contributed by atoms with E-state index in [1.807, 2.05) is 0 Å². The van der Waals surface area contributed by atoms with Crippen molar-refractivity contribution in [2.24, 2.45) is 0 Å². The second-order valence-corrected chi connectivity index (χ2v) is 7.55. The van der Waals surface area contributed by atoms with Crippen LogP contribution in [0.1, 0.15) is 0 Å². The molecule has 0 saturated heterocycles. The molecule has 0 aliphatic rings. The Balaban J connectivity index is 2.05. The first-order chi connectivity index (χ1) is 13.0. The first-order valence-corrected chi connectivity index (χ1v) is 9.15. The van der Waals surface area contributed by atoms with Gasteiger partial charge in [0, 0.05) is 22.7 Å². The standard InChI is InChI=1S/C16H8ClF5N2O3S/c17-8-1-4-13(24-28(25,26)16(20,21)22)11(5-8)14-7-15(27-23-14)10-3-2-9(18)6-12(10)19/h1-7,24H. The van der Waals surface area contributed by atoms with Gasteiger partial charge in [0.15, 0.2) is 5.76 Å². The van der Waals surface area contributed by atoms with Gasteiger partial charge in [0.2, 0.25) is 0 Å². The molecule has 0 saturated carbocycles. The molecule has 1 heterocycles. The van der Waals surface area contributed by atoms with E-state index in [1.165, 1.54) is 10.8 Å². The summed E-state index contributed by atoms with van der Waals surface area (Å²) in [5.41, 5.74) is -6.43. The maximum absolute atomic E-state index is 13.9. The van der Waals surface area contributed by atoms with Gasteiger partial charge in [-0.1, -0.05) is 16.8 Å². The third-order valence-electron chi connectivity index (χ3n) is 3.51. The molecule has 3 rings (SSSR count). The van der Waals surface area contributed by atoms with Gasteiger partial charge < -0.3 is 4.52 Å². The third-order valence-corrected chi connectivity index (χ3v) is 4.85. The van der Waals surface area contributed by atoms with Crippen molar-refractivity contribution in [1.82, 2.24) is 5.16 Å². The summed E-state index contributed by atoms with van der Waals surface area (Å²) in [4.78, 5) is 0. The molecule has 5 nitrogen and oxygen atoms in total. The fourth-order valence-electron chi connectivity index (χ4n) is 2.24. The topological polar surface area (TPSA) is 72.2 Å². The Hall–Kier alpha value is -2.66. The Morgan fingerprint density at radius 3 is 2.36 bits per heavy atom. The Labute approximate surface area is 159 Å². The highest BCUT2D eigenvalue weighted by Gasteiger charge is 2.46. The number of halogens is 6. The molecule has 0 aliphatic carbocycles. The lowest BCUT2D eigenvalue weighted by Gasteiger charge is -2.13. The number of rotatable bonds is 4. The van der Waals surface area contributed by atoms with Crippen LogP contribution in [0, 0.1) is 11.6 Å². The quantitative estimate of drug-likeness (QED) is 0.568. The van der Waals surface area contributed by atoms with Crippen molar-refractivity contribution in [2.45, 2.75) is 5.51 Å². The number of sulfonamides is 1. The molecule has 28 heavy (non-hydrogen) atoms. The molecule has 148 valence electrons. The van der Waals surface area contributed by atoms with Crippen molar-refractivity contribution in [2.75, 3.05) is 4.72 Å². The summed E-state index contributed by atoms with van der Waals surface area (Å²) >= 11 is 5.83. The minimum absolute atomic E-state index is 0.0717. The molecule has 3 aromatic rings. The zero-order valence-electron chi connectivity index (χ0n) is 13.4. The molecule has 0 bridgehead atoms. The number of anilines is 1. The molecule has 1 N–H and O–H groups in total. The highest BCUT2D eigenvalue weighted by Crippen LogP contribution is 2.35. The zero-order valence-corrected chi connectivity index (χ0v) is 15.0. The Morgan fingerprint density at radius 1 is 1.00 bits per heavy atom. The lowest BCUT2D eigenvalue weighted by molar-refractivity contribution is -0.0429. The van der Waals surface area contributed by atoms with Gasteiger partial charge in [-0.25, -0.2) is 8.78 Å². The minimum Gasteiger partial charge on any atom is -0.356 e. The van der Waals surface area contributed by atoms with Crippen molar-refractivity contribution >= 4 is 27.3 Å². The fourth-order valence-corrected chi connectivity index (χ4v) is 2.99. The monoisotopic (exact) mass is 438 g/mol. The van der Waals surface area contributed by atoms with Crippen LogP contribution in [0.2, 0.25) is 5.02 Å². The number of hydrogen-bond acceptors (Lipinski definition) is 4. The molecular weight excluding hydrogens is 431 g/mol. The van der Waals surface area contributed by atoms with E-state index in [-0.39, 0.29) is 27.6 Å². The maximum atomic E-state index is 13.9. The van der Waals surface area contributed by atoms with E-state index in [9.17, 15) is 30.4 Å². The van der Waals surface area contributed by atoms with Crippen LogP contribution >= 0.6 is 11.6 Å². The largest absolute Gasteiger partial charge is 0.516 e.